The molecule has 1 aromatic rings. The minimum absolute atomic E-state index is 0.0408. The number of aromatic nitrogens is 2. The third kappa shape index (κ3) is 5.16. The van der Waals surface area contributed by atoms with Gasteiger partial charge in [-0.1, -0.05) is 19.3 Å². The Morgan fingerprint density at radius 3 is 2.76 bits per heavy atom. The number of carbonyl (C=O) groups is 1. The molecule has 0 aromatic carbocycles. The van der Waals surface area contributed by atoms with E-state index in [1.54, 1.807) is 6.20 Å². The SMILES string of the molecule is CNC1(CC(=O)NCCCCn2ccnc2)CCCCC1. The van der Waals surface area contributed by atoms with Crippen LogP contribution in [-0.4, -0.2) is 34.6 Å². The van der Waals surface area contributed by atoms with Crippen LogP contribution in [0.5, 0.6) is 0 Å². The largest absolute Gasteiger partial charge is 0.356 e. The molecule has 21 heavy (non-hydrogen) atoms. The monoisotopic (exact) mass is 292 g/mol. The zero-order valence-electron chi connectivity index (χ0n) is 13.1. The predicted octanol–water partition coefficient (Wildman–Crippen LogP) is 2.09. The quantitative estimate of drug-likeness (QED) is 0.721. The van der Waals surface area contributed by atoms with E-state index in [0.29, 0.717) is 6.42 Å². The summed E-state index contributed by atoms with van der Waals surface area (Å²) in [5.74, 6) is 0.189. The molecule has 5 nitrogen and oxygen atoms in total. The normalized spacial score (nSPS) is 17.6. The Labute approximate surface area is 127 Å². The van der Waals surface area contributed by atoms with E-state index in [1.165, 1.54) is 19.3 Å². The van der Waals surface area contributed by atoms with E-state index in [0.717, 1.165) is 38.8 Å². The second-order valence-electron chi connectivity index (χ2n) is 6.13. The van der Waals surface area contributed by atoms with Gasteiger partial charge in [0.05, 0.1) is 6.33 Å². The number of rotatable bonds is 8. The summed E-state index contributed by atoms with van der Waals surface area (Å²) in [6.45, 7) is 1.74. The second-order valence-corrected chi connectivity index (χ2v) is 6.13. The van der Waals surface area contributed by atoms with E-state index in [1.807, 2.05) is 19.6 Å². The van der Waals surface area contributed by atoms with Crippen LogP contribution in [0, 0.1) is 0 Å². The van der Waals surface area contributed by atoms with Gasteiger partial charge < -0.3 is 15.2 Å². The van der Waals surface area contributed by atoms with E-state index in [-0.39, 0.29) is 11.4 Å². The van der Waals surface area contributed by atoms with Gasteiger partial charge in [0.25, 0.3) is 0 Å². The van der Waals surface area contributed by atoms with Crippen LogP contribution in [0.3, 0.4) is 0 Å². The molecule has 0 unspecified atom stereocenters. The van der Waals surface area contributed by atoms with Gasteiger partial charge in [-0.05, 0) is 32.7 Å². The van der Waals surface area contributed by atoms with Crippen molar-refractivity contribution in [2.24, 2.45) is 0 Å². The number of nitrogens with zero attached hydrogens (tertiary/aromatic N) is 2. The summed E-state index contributed by atoms with van der Waals surface area (Å²) in [6, 6.07) is 0. The number of nitrogens with one attached hydrogen (secondary N) is 2. The van der Waals surface area contributed by atoms with Gasteiger partial charge in [0.2, 0.25) is 5.91 Å². The van der Waals surface area contributed by atoms with Crippen molar-refractivity contribution in [3.8, 4) is 0 Å². The molecule has 1 amide bonds. The molecular weight excluding hydrogens is 264 g/mol. The van der Waals surface area contributed by atoms with Crippen molar-refractivity contribution in [1.82, 2.24) is 20.2 Å². The van der Waals surface area contributed by atoms with Crippen molar-refractivity contribution in [3.05, 3.63) is 18.7 Å². The summed E-state index contributed by atoms with van der Waals surface area (Å²) < 4.78 is 2.07. The van der Waals surface area contributed by atoms with Gasteiger partial charge in [-0.15, -0.1) is 0 Å². The van der Waals surface area contributed by atoms with Crippen LogP contribution in [0.15, 0.2) is 18.7 Å². The van der Waals surface area contributed by atoms with Crippen molar-refractivity contribution >= 4 is 5.91 Å². The maximum atomic E-state index is 12.1. The molecule has 0 aliphatic heterocycles. The lowest BCUT2D eigenvalue weighted by atomic mass is 9.79. The third-order valence-electron chi connectivity index (χ3n) is 4.56. The molecule has 0 saturated heterocycles. The zero-order chi connectivity index (χ0) is 15.0. The van der Waals surface area contributed by atoms with Crippen molar-refractivity contribution in [3.63, 3.8) is 0 Å². The molecule has 0 spiro atoms. The Bertz CT molecular complexity index is 410. The summed E-state index contributed by atoms with van der Waals surface area (Å²) in [5.41, 5.74) is 0.0408. The number of carbonyl (C=O) groups excluding carboxylic acids is 1. The van der Waals surface area contributed by atoms with Gasteiger partial charge in [-0.2, -0.15) is 0 Å². The molecule has 5 heteroatoms. The molecule has 118 valence electrons. The van der Waals surface area contributed by atoms with Gasteiger partial charge in [0.15, 0.2) is 0 Å². The fourth-order valence-electron chi connectivity index (χ4n) is 3.18. The van der Waals surface area contributed by atoms with E-state index < -0.39 is 0 Å². The smallest absolute Gasteiger partial charge is 0.221 e. The Kier molecular flexibility index (Phi) is 6.23. The number of amides is 1. The van der Waals surface area contributed by atoms with Crippen molar-refractivity contribution < 1.29 is 4.79 Å². The van der Waals surface area contributed by atoms with Crippen LogP contribution in [0.25, 0.3) is 0 Å². The Balaban J connectivity index is 1.60. The molecule has 0 bridgehead atoms. The summed E-state index contributed by atoms with van der Waals surface area (Å²) in [4.78, 5) is 16.1. The van der Waals surface area contributed by atoms with Gasteiger partial charge in [-0.3, -0.25) is 4.79 Å². The van der Waals surface area contributed by atoms with Crippen LogP contribution in [0.4, 0.5) is 0 Å². The predicted molar refractivity (Wildman–Crippen MR) is 84.0 cm³/mol. The molecule has 1 saturated carbocycles. The first-order valence-corrected chi connectivity index (χ1v) is 8.15. The summed E-state index contributed by atoms with van der Waals surface area (Å²) >= 11 is 0. The summed E-state index contributed by atoms with van der Waals surface area (Å²) in [7, 11) is 1.99. The molecular formula is C16H28N4O. The minimum atomic E-state index is 0.0408. The molecule has 1 aliphatic rings. The topological polar surface area (TPSA) is 59.0 Å². The third-order valence-corrected chi connectivity index (χ3v) is 4.56. The van der Waals surface area contributed by atoms with Gasteiger partial charge in [0, 0.05) is 37.4 Å². The van der Waals surface area contributed by atoms with Crippen LogP contribution in [-0.2, 0) is 11.3 Å². The van der Waals surface area contributed by atoms with Crippen LogP contribution in [0.1, 0.15) is 51.4 Å². The first-order chi connectivity index (χ1) is 10.2. The molecule has 1 aliphatic carbocycles. The van der Waals surface area contributed by atoms with Gasteiger partial charge in [0.1, 0.15) is 0 Å². The highest BCUT2D eigenvalue weighted by molar-refractivity contribution is 5.77. The highest BCUT2D eigenvalue weighted by Gasteiger charge is 2.32. The Hall–Kier alpha value is -1.36. The minimum Gasteiger partial charge on any atom is -0.356 e. The lowest BCUT2D eigenvalue weighted by Gasteiger charge is -2.36. The summed E-state index contributed by atoms with van der Waals surface area (Å²) in [5, 5.41) is 6.46. The van der Waals surface area contributed by atoms with E-state index in [9.17, 15) is 4.79 Å². The standard InChI is InChI=1S/C16H28N4O/c1-17-16(7-3-2-4-8-16)13-15(21)19-9-5-6-11-20-12-10-18-14-20/h10,12,14,17H,2-9,11,13H2,1H3,(H,19,21). The maximum Gasteiger partial charge on any atom is 0.221 e. The first kappa shape index (κ1) is 16.0. The highest BCUT2D eigenvalue weighted by atomic mass is 16.1. The first-order valence-electron chi connectivity index (χ1n) is 8.15. The number of imidazole rings is 1. The fraction of sp³-hybridized carbons (Fsp3) is 0.750. The van der Waals surface area contributed by atoms with Gasteiger partial charge in [-0.25, -0.2) is 4.98 Å². The average Bonchev–Trinajstić information content (AvgIpc) is 3.01. The second kappa shape index (κ2) is 8.17. The van der Waals surface area contributed by atoms with E-state index in [4.69, 9.17) is 0 Å². The molecule has 2 N–H and O–H groups in total. The lowest BCUT2D eigenvalue weighted by Crippen LogP contribution is -2.48. The number of unbranched alkanes of at least 4 members (excludes halogenated alkanes) is 1. The van der Waals surface area contributed by atoms with Gasteiger partial charge >= 0.3 is 0 Å². The fourth-order valence-corrected chi connectivity index (χ4v) is 3.18. The molecule has 0 atom stereocenters. The van der Waals surface area contributed by atoms with Crippen LogP contribution < -0.4 is 10.6 Å². The highest BCUT2D eigenvalue weighted by Crippen LogP contribution is 2.30. The summed E-state index contributed by atoms with van der Waals surface area (Å²) in [6.07, 6.45) is 14.3. The lowest BCUT2D eigenvalue weighted by molar-refractivity contribution is -0.122. The molecule has 1 aromatic heterocycles. The average molecular weight is 292 g/mol. The molecule has 1 heterocycles. The van der Waals surface area contributed by atoms with Crippen molar-refractivity contribution in [2.45, 2.75) is 63.5 Å². The van der Waals surface area contributed by atoms with Crippen LogP contribution in [0.2, 0.25) is 0 Å². The molecule has 1 fully saturated rings. The van der Waals surface area contributed by atoms with Crippen molar-refractivity contribution in [2.75, 3.05) is 13.6 Å². The van der Waals surface area contributed by atoms with E-state index >= 15 is 0 Å². The number of aryl methyl sites for hydroxylation is 1. The molecule has 2 rings (SSSR count). The maximum absolute atomic E-state index is 12.1. The Morgan fingerprint density at radius 1 is 1.29 bits per heavy atom. The van der Waals surface area contributed by atoms with E-state index in [2.05, 4.69) is 20.2 Å². The number of hydrogen-bond donors (Lipinski definition) is 2. The van der Waals surface area contributed by atoms with Crippen molar-refractivity contribution in [1.29, 1.82) is 0 Å². The number of hydrogen-bond acceptors (Lipinski definition) is 3. The molecule has 0 radical (unpaired) electrons. The van der Waals surface area contributed by atoms with Crippen LogP contribution >= 0.6 is 0 Å². The zero-order valence-corrected chi connectivity index (χ0v) is 13.1. The Morgan fingerprint density at radius 2 is 2.10 bits per heavy atom.